The van der Waals surface area contributed by atoms with Crippen molar-refractivity contribution in [1.29, 1.82) is 0 Å². The summed E-state index contributed by atoms with van der Waals surface area (Å²) in [7, 11) is 0. The summed E-state index contributed by atoms with van der Waals surface area (Å²) in [5, 5.41) is 11.1. The van der Waals surface area contributed by atoms with E-state index in [0.29, 0.717) is 0 Å². The van der Waals surface area contributed by atoms with Crippen molar-refractivity contribution in [3.05, 3.63) is 0 Å². The number of hydrogen-bond acceptors (Lipinski definition) is 4. The zero-order valence-corrected chi connectivity index (χ0v) is 10.9. The molecule has 4 saturated heterocycles. The van der Waals surface area contributed by atoms with Crippen LogP contribution in [0.3, 0.4) is 0 Å². The zero-order valence-electron chi connectivity index (χ0n) is 10.9. The first kappa shape index (κ1) is 9.70. The maximum Gasteiger partial charge on any atom is 0.0309 e. The second-order valence-electron chi connectivity index (χ2n) is 7.25. The van der Waals surface area contributed by atoms with E-state index in [0.717, 1.165) is 36.0 Å². The van der Waals surface area contributed by atoms with Crippen molar-refractivity contribution < 1.29 is 0 Å². The van der Waals surface area contributed by atoms with Gasteiger partial charge in [0.15, 0.2) is 0 Å². The molecule has 6 aliphatic rings. The molecule has 4 heterocycles. The molecule has 0 aromatic rings. The molecule has 0 aromatic heterocycles. The number of nitrogens with zero attached hydrogens (tertiary/aromatic N) is 4. The van der Waals surface area contributed by atoms with Crippen LogP contribution < -0.4 is 0 Å². The summed E-state index contributed by atoms with van der Waals surface area (Å²) >= 11 is 0. The predicted octanol–water partition coefficient (Wildman–Crippen LogP) is 0.373. The van der Waals surface area contributed by atoms with E-state index in [1.807, 2.05) is 0 Å². The highest BCUT2D eigenvalue weighted by Crippen LogP contribution is 2.60. The normalized spacial score (nSPS) is 58.7. The fourth-order valence-corrected chi connectivity index (χ4v) is 6.67. The summed E-state index contributed by atoms with van der Waals surface area (Å²) in [6, 6.07) is 3.67. The SMILES string of the molecule is C1CN2[C@@H]3C[C@H]4C5C3[C@H](C[C@H]5N3CCCN43)N2C1. The lowest BCUT2D eigenvalue weighted by Crippen LogP contribution is -2.44. The summed E-state index contributed by atoms with van der Waals surface area (Å²) in [5.41, 5.74) is 0. The quantitative estimate of drug-likeness (QED) is 0.612. The number of hydrazine groups is 2. The summed E-state index contributed by atoms with van der Waals surface area (Å²) in [6.07, 6.45) is 5.75. The molecule has 2 aliphatic carbocycles. The molecule has 0 amide bonds. The van der Waals surface area contributed by atoms with Gasteiger partial charge in [-0.15, -0.1) is 0 Å². The Balaban J connectivity index is 1.46. The second-order valence-corrected chi connectivity index (χ2v) is 7.25. The molecule has 6 rings (SSSR count). The molecule has 6 atom stereocenters. The predicted molar refractivity (Wildman–Crippen MR) is 67.4 cm³/mol. The van der Waals surface area contributed by atoms with Crippen LogP contribution in [0.4, 0.5) is 0 Å². The van der Waals surface area contributed by atoms with E-state index in [-0.39, 0.29) is 0 Å². The van der Waals surface area contributed by atoms with Crippen LogP contribution in [0.2, 0.25) is 0 Å². The standard InChI is InChI=1S/C14H22N4/c1-3-15-9-7-11-14-12(18-6-2-5-17(11)18)8-10(13(9)14)16(15)4-1/h9-14H,1-8H2/t9-,10+,11+,12-,13?,14?. The number of rotatable bonds is 0. The molecule has 0 spiro atoms. The summed E-state index contributed by atoms with van der Waals surface area (Å²) in [5.74, 6) is 2.04. The van der Waals surface area contributed by atoms with Crippen molar-refractivity contribution in [3.8, 4) is 0 Å². The highest BCUT2D eigenvalue weighted by molar-refractivity contribution is 5.20. The molecule has 0 radical (unpaired) electrons. The van der Waals surface area contributed by atoms with Gasteiger partial charge in [-0.3, -0.25) is 0 Å². The van der Waals surface area contributed by atoms with Gasteiger partial charge in [0.1, 0.15) is 0 Å². The van der Waals surface area contributed by atoms with Crippen LogP contribution in [0.25, 0.3) is 0 Å². The van der Waals surface area contributed by atoms with Gasteiger partial charge in [0.2, 0.25) is 0 Å². The minimum Gasteiger partial charge on any atom is -0.238 e. The first-order valence-electron chi connectivity index (χ1n) is 8.00. The largest absolute Gasteiger partial charge is 0.238 e. The molecule has 0 aromatic carbocycles. The fourth-order valence-electron chi connectivity index (χ4n) is 6.67. The Morgan fingerprint density at radius 2 is 0.833 bits per heavy atom. The van der Waals surface area contributed by atoms with E-state index in [1.54, 1.807) is 0 Å². The van der Waals surface area contributed by atoms with E-state index < -0.39 is 0 Å². The molecule has 0 bridgehead atoms. The molecule has 2 unspecified atom stereocenters. The van der Waals surface area contributed by atoms with Crippen LogP contribution in [0.5, 0.6) is 0 Å². The Hall–Kier alpha value is -0.160. The average Bonchev–Trinajstić information content (AvgIpc) is 3.12. The van der Waals surface area contributed by atoms with E-state index in [9.17, 15) is 0 Å². The van der Waals surface area contributed by atoms with Crippen molar-refractivity contribution in [2.75, 3.05) is 26.2 Å². The number of hydrogen-bond donors (Lipinski definition) is 0. The number of fused-ring (bicyclic) bond motifs is 6. The molecule has 4 nitrogen and oxygen atoms in total. The molecule has 2 saturated carbocycles. The third kappa shape index (κ3) is 0.856. The Morgan fingerprint density at radius 3 is 1.17 bits per heavy atom. The maximum absolute atomic E-state index is 2.78. The van der Waals surface area contributed by atoms with E-state index in [4.69, 9.17) is 0 Å². The highest BCUT2D eigenvalue weighted by atomic mass is 15.7. The van der Waals surface area contributed by atoms with Gasteiger partial charge in [-0.1, -0.05) is 0 Å². The first-order valence-corrected chi connectivity index (χ1v) is 8.00. The van der Waals surface area contributed by atoms with E-state index in [2.05, 4.69) is 20.0 Å². The van der Waals surface area contributed by atoms with Crippen molar-refractivity contribution >= 4 is 0 Å². The lowest BCUT2D eigenvalue weighted by atomic mass is 9.93. The minimum absolute atomic E-state index is 0.917. The Kier molecular flexibility index (Phi) is 1.59. The summed E-state index contributed by atoms with van der Waals surface area (Å²) in [6.45, 7) is 5.41. The lowest BCUT2D eigenvalue weighted by Gasteiger charge is -2.33. The van der Waals surface area contributed by atoms with Crippen LogP contribution in [0.1, 0.15) is 25.7 Å². The molecule has 4 aliphatic heterocycles. The third-order valence-corrected chi connectivity index (χ3v) is 6.93. The topological polar surface area (TPSA) is 13.0 Å². The van der Waals surface area contributed by atoms with Crippen LogP contribution in [-0.4, -0.2) is 70.4 Å². The zero-order chi connectivity index (χ0) is 11.4. The van der Waals surface area contributed by atoms with Crippen molar-refractivity contribution in [1.82, 2.24) is 20.0 Å². The molecule has 6 fully saturated rings. The molecule has 18 heavy (non-hydrogen) atoms. The summed E-state index contributed by atoms with van der Waals surface area (Å²) < 4.78 is 0. The van der Waals surface area contributed by atoms with Gasteiger partial charge in [0.25, 0.3) is 0 Å². The molecular formula is C14H22N4. The average molecular weight is 246 g/mol. The van der Waals surface area contributed by atoms with Crippen molar-refractivity contribution in [2.45, 2.75) is 49.9 Å². The van der Waals surface area contributed by atoms with Gasteiger partial charge >= 0.3 is 0 Å². The van der Waals surface area contributed by atoms with Crippen LogP contribution in [-0.2, 0) is 0 Å². The molecular weight excluding hydrogens is 224 g/mol. The molecule has 4 heteroatoms. The Labute approximate surface area is 108 Å². The fraction of sp³-hybridized carbons (Fsp3) is 1.00. The second kappa shape index (κ2) is 2.95. The monoisotopic (exact) mass is 246 g/mol. The molecule has 98 valence electrons. The first-order chi connectivity index (χ1) is 8.93. The van der Waals surface area contributed by atoms with E-state index in [1.165, 1.54) is 51.9 Å². The van der Waals surface area contributed by atoms with Crippen LogP contribution in [0.15, 0.2) is 0 Å². The maximum atomic E-state index is 2.78. The van der Waals surface area contributed by atoms with Gasteiger partial charge < -0.3 is 0 Å². The van der Waals surface area contributed by atoms with Crippen molar-refractivity contribution in [3.63, 3.8) is 0 Å². The van der Waals surface area contributed by atoms with Gasteiger partial charge in [-0.05, 0) is 37.5 Å². The van der Waals surface area contributed by atoms with Gasteiger partial charge in [-0.25, -0.2) is 20.0 Å². The van der Waals surface area contributed by atoms with Gasteiger partial charge in [0, 0.05) is 50.3 Å². The van der Waals surface area contributed by atoms with Gasteiger partial charge in [0.05, 0.1) is 0 Å². The Bertz CT molecular complexity index is 343. The van der Waals surface area contributed by atoms with Crippen molar-refractivity contribution in [2.24, 2.45) is 11.8 Å². The summed E-state index contributed by atoms with van der Waals surface area (Å²) in [4.78, 5) is 0. The van der Waals surface area contributed by atoms with E-state index >= 15 is 0 Å². The lowest BCUT2D eigenvalue weighted by molar-refractivity contribution is -0.0272. The van der Waals surface area contributed by atoms with Crippen LogP contribution >= 0.6 is 0 Å². The molecule has 0 N–H and O–H groups in total. The highest BCUT2D eigenvalue weighted by Gasteiger charge is 2.69. The van der Waals surface area contributed by atoms with Crippen LogP contribution in [0, 0.1) is 11.8 Å². The minimum atomic E-state index is 0.917. The Morgan fingerprint density at radius 1 is 0.500 bits per heavy atom. The van der Waals surface area contributed by atoms with Gasteiger partial charge in [-0.2, -0.15) is 0 Å². The smallest absolute Gasteiger partial charge is 0.0309 e. The third-order valence-electron chi connectivity index (χ3n) is 6.93.